The van der Waals surface area contributed by atoms with Crippen molar-refractivity contribution in [2.24, 2.45) is 5.73 Å². The fourth-order valence-electron chi connectivity index (χ4n) is 2.39. The number of carbonyl (C=O) groups excluding carboxylic acids is 1. The molecule has 1 fully saturated rings. The van der Waals surface area contributed by atoms with Gasteiger partial charge in [-0.25, -0.2) is 4.98 Å². The van der Waals surface area contributed by atoms with Gasteiger partial charge in [-0.2, -0.15) is 0 Å². The zero-order valence-electron chi connectivity index (χ0n) is 11.6. The molecule has 1 amide bonds. The Labute approximate surface area is 118 Å². The number of likely N-dealkylation sites (tertiary alicyclic amines) is 1. The molecule has 1 aliphatic heterocycles. The van der Waals surface area contributed by atoms with E-state index in [0.717, 1.165) is 36.6 Å². The zero-order chi connectivity index (χ0) is 13.8. The number of amides is 1. The lowest BCUT2D eigenvalue weighted by molar-refractivity contribution is -0.132. The Morgan fingerprint density at radius 3 is 2.84 bits per heavy atom. The summed E-state index contributed by atoms with van der Waals surface area (Å²) >= 11 is 1.53. The molecule has 0 unspecified atom stereocenters. The quantitative estimate of drug-likeness (QED) is 0.883. The molecule has 1 saturated heterocycles. The number of piperidine rings is 1. The second kappa shape index (κ2) is 6.45. The number of hydrogen-bond acceptors (Lipinski definition) is 5. The van der Waals surface area contributed by atoms with Gasteiger partial charge in [0.1, 0.15) is 5.01 Å². The highest BCUT2D eigenvalue weighted by atomic mass is 32.1. The molecule has 0 atom stereocenters. The Hall–Kier alpha value is -0.980. The molecule has 1 aromatic rings. The van der Waals surface area contributed by atoms with Gasteiger partial charge in [0.2, 0.25) is 5.91 Å². The van der Waals surface area contributed by atoms with Gasteiger partial charge in [0.15, 0.2) is 0 Å². The Morgan fingerprint density at radius 2 is 2.26 bits per heavy atom. The standard InChI is InChI=1S/C13H22N4OS/c1-16-5-3-11(4-6-16)17(2)13(18)7-10-9-19-12(8-14)15-10/h9,11H,3-8,14H2,1-2H3. The summed E-state index contributed by atoms with van der Waals surface area (Å²) in [5.41, 5.74) is 6.37. The molecule has 0 saturated carbocycles. The number of likely N-dealkylation sites (N-methyl/N-ethyl adjacent to an activating group) is 1. The predicted molar refractivity (Wildman–Crippen MR) is 77.0 cm³/mol. The van der Waals surface area contributed by atoms with Crippen LogP contribution in [-0.2, 0) is 17.8 Å². The molecule has 0 spiro atoms. The van der Waals surface area contributed by atoms with Crippen molar-refractivity contribution in [2.75, 3.05) is 27.2 Å². The van der Waals surface area contributed by atoms with E-state index in [1.54, 1.807) is 0 Å². The van der Waals surface area contributed by atoms with E-state index in [1.807, 2.05) is 17.3 Å². The normalized spacial score (nSPS) is 17.6. The number of carbonyl (C=O) groups is 1. The largest absolute Gasteiger partial charge is 0.342 e. The van der Waals surface area contributed by atoms with Gasteiger partial charge in [0.05, 0.1) is 12.1 Å². The first-order chi connectivity index (χ1) is 9.10. The number of aromatic nitrogens is 1. The molecule has 5 nitrogen and oxygen atoms in total. The number of hydrogen-bond donors (Lipinski definition) is 1. The number of thiazole rings is 1. The molecule has 6 heteroatoms. The molecule has 106 valence electrons. The van der Waals surface area contributed by atoms with Crippen molar-refractivity contribution in [1.29, 1.82) is 0 Å². The molecule has 1 aromatic heterocycles. The van der Waals surface area contributed by atoms with Crippen molar-refractivity contribution in [3.05, 3.63) is 16.1 Å². The van der Waals surface area contributed by atoms with Crippen molar-refractivity contribution in [3.63, 3.8) is 0 Å². The second-order valence-electron chi connectivity index (χ2n) is 5.15. The highest BCUT2D eigenvalue weighted by molar-refractivity contribution is 7.09. The van der Waals surface area contributed by atoms with Gasteiger partial charge in [-0.1, -0.05) is 0 Å². The van der Waals surface area contributed by atoms with Gasteiger partial charge < -0.3 is 15.5 Å². The minimum absolute atomic E-state index is 0.156. The summed E-state index contributed by atoms with van der Waals surface area (Å²) < 4.78 is 0. The van der Waals surface area contributed by atoms with Crippen LogP contribution in [0, 0.1) is 0 Å². The summed E-state index contributed by atoms with van der Waals surface area (Å²) in [6, 6.07) is 0.372. The third-order valence-corrected chi connectivity index (χ3v) is 4.66. The van der Waals surface area contributed by atoms with Crippen LogP contribution in [0.25, 0.3) is 0 Å². The van der Waals surface area contributed by atoms with Crippen LogP contribution >= 0.6 is 11.3 Å². The Balaban J connectivity index is 1.88. The first-order valence-corrected chi connectivity index (χ1v) is 7.55. The van der Waals surface area contributed by atoms with Crippen LogP contribution in [0.2, 0.25) is 0 Å². The van der Waals surface area contributed by atoms with Crippen LogP contribution in [0.4, 0.5) is 0 Å². The third-order valence-electron chi connectivity index (χ3n) is 3.74. The molecule has 0 aliphatic carbocycles. The third kappa shape index (κ3) is 3.75. The van der Waals surface area contributed by atoms with E-state index in [4.69, 9.17) is 5.73 Å². The van der Waals surface area contributed by atoms with E-state index in [9.17, 15) is 4.79 Å². The fraction of sp³-hybridized carbons (Fsp3) is 0.692. The van der Waals surface area contributed by atoms with E-state index in [2.05, 4.69) is 16.9 Å². The van der Waals surface area contributed by atoms with Gasteiger partial charge >= 0.3 is 0 Å². The molecular weight excluding hydrogens is 260 g/mol. The smallest absolute Gasteiger partial charge is 0.228 e. The van der Waals surface area contributed by atoms with Crippen molar-refractivity contribution in [1.82, 2.24) is 14.8 Å². The molecular formula is C13H22N4OS. The van der Waals surface area contributed by atoms with Crippen molar-refractivity contribution in [2.45, 2.75) is 31.8 Å². The van der Waals surface area contributed by atoms with Gasteiger partial charge in [0.25, 0.3) is 0 Å². The first kappa shape index (κ1) is 14.4. The van der Waals surface area contributed by atoms with Crippen molar-refractivity contribution in [3.8, 4) is 0 Å². The number of nitrogens with zero attached hydrogens (tertiary/aromatic N) is 3. The lowest BCUT2D eigenvalue weighted by Gasteiger charge is -2.35. The maximum atomic E-state index is 12.2. The van der Waals surface area contributed by atoms with Crippen LogP contribution < -0.4 is 5.73 Å². The lowest BCUT2D eigenvalue weighted by atomic mass is 10.0. The topological polar surface area (TPSA) is 62.5 Å². The Bertz CT molecular complexity index is 426. The van der Waals surface area contributed by atoms with Crippen molar-refractivity contribution >= 4 is 17.2 Å². The summed E-state index contributed by atoms with van der Waals surface area (Å²) in [6.45, 7) is 2.58. The molecule has 0 bridgehead atoms. The second-order valence-corrected chi connectivity index (χ2v) is 6.10. The molecule has 1 aliphatic rings. The Kier molecular flexibility index (Phi) is 4.90. The molecule has 2 rings (SSSR count). The van der Waals surface area contributed by atoms with Crippen LogP contribution in [0.3, 0.4) is 0 Å². The maximum Gasteiger partial charge on any atom is 0.228 e. The van der Waals surface area contributed by atoms with Gasteiger partial charge in [0, 0.05) is 25.0 Å². The minimum Gasteiger partial charge on any atom is -0.342 e. The summed E-state index contributed by atoms with van der Waals surface area (Å²) in [4.78, 5) is 20.8. The molecule has 0 radical (unpaired) electrons. The minimum atomic E-state index is 0.156. The predicted octanol–water partition coefficient (Wildman–Crippen LogP) is 0.697. The molecule has 2 heterocycles. The van der Waals surface area contributed by atoms with E-state index < -0.39 is 0 Å². The number of rotatable bonds is 4. The van der Waals surface area contributed by atoms with Crippen LogP contribution in [0.1, 0.15) is 23.5 Å². The molecule has 0 aromatic carbocycles. The summed E-state index contributed by atoms with van der Waals surface area (Å²) in [5, 5.41) is 2.83. The molecule has 19 heavy (non-hydrogen) atoms. The SMILES string of the molecule is CN1CCC(N(C)C(=O)Cc2csc(CN)n2)CC1. The fourth-order valence-corrected chi connectivity index (χ4v) is 3.06. The van der Waals surface area contributed by atoms with Gasteiger partial charge in [-0.05, 0) is 33.0 Å². The van der Waals surface area contributed by atoms with E-state index in [0.29, 0.717) is 19.0 Å². The summed E-state index contributed by atoms with van der Waals surface area (Å²) in [7, 11) is 4.04. The zero-order valence-corrected chi connectivity index (χ0v) is 12.4. The summed E-state index contributed by atoms with van der Waals surface area (Å²) in [6.07, 6.45) is 2.51. The highest BCUT2D eigenvalue weighted by Crippen LogP contribution is 2.16. The van der Waals surface area contributed by atoms with Crippen LogP contribution in [0.5, 0.6) is 0 Å². The highest BCUT2D eigenvalue weighted by Gasteiger charge is 2.24. The van der Waals surface area contributed by atoms with Gasteiger partial charge in [-0.3, -0.25) is 4.79 Å². The average Bonchev–Trinajstić information content (AvgIpc) is 2.86. The van der Waals surface area contributed by atoms with E-state index in [1.165, 1.54) is 11.3 Å². The van der Waals surface area contributed by atoms with Gasteiger partial charge in [-0.15, -0.1) is 11.3 Å². The lowest BCUT2D eigenvalue weighted by Crippen LogP contribution is -2.45. The van der Waals surface area contributed by atoms with E-state index >= 15 is 0 Å². The first-order valence-electron chi connectivity index (χ1n) is 6.67. The Morgan fingerprint density at radius 1 is 1.58 bits per heavy atom. The van der Waals surface area contributed by atoms with Crippen LogP contribution in [-0.4, -0.2) is 53.9 Å². The summed E-state index contributed by atoms with van der Waals surface area (Å²) in [5.74, 6) is 0.156. The molecule has 2 N–H and O–H groups in total. The number of nitrogens with two attached hydrogens (primary N) is 1. The van der Waals surface area contributed by atoms with Crippen molar-refractivity contribution < 1.29 is 4.79 Å². The van der Waals surface area contributed by atoms with Crippen LogP contribution in [0.15, 0.2) is 5.38 Å². The maximum absolute atomic E-state index is 12.2. The monoisotopic (exact) mass is 282 g/mol. The average molecular weight is 282 g/mol. The van der Waals surface area contributed by atoms with E-state index in [-0.39, 0.29) is 5.91 Å².